The number of sulfonamides is 1. The Bertz CT molecular complexity index is 631. The van der Waals surface area contributed by atoms with Crippen LogP contribution in [0, 0.1) is 0 Å². The molecule has 0 fully saturated rings. The standard InChI is InChI=1S/C8H6BrN3O4S.Na/c9-4-1-5-8(10-3-4)11-6(2-7(13)14)12-17(5,15)16;/h1,3H,2H2,(H,13,14)(H,10,11,12);/p-1. The molecule has 1 radical (unpaired) electrons. The first-order valence-corrected chi connectivity index (χ1v) is 6.58. The van der Waals surface area contributed by atoms with E-state index >= 15 is 0 Å². The van der Waals surface area contributed by atoms with Crippen LogP contribution in [0.1, 0.15) is 6.42 Å². The fraction of sp³-hybridized carbons (Fsp3) is 0.125. The molecule has 91 valence electrons. The predicted octanol–water partition coefficient (Wildman–Crippen LogP) is -0.884. The Kier molecular flexibility index (Phi) is 4.90. The normalized spacial score (nSPS) is 15.7. The van der Waals surface area contributed by atoms with Crippen LogP contribution < -0.4 is 10.4 Å². The number of hydrogen-bond acceptors (Lipinski definition) is 6. The van der Waals surface area contributed by atoms with E-state index in [1.54, 1.807) is 0 Å². The molecular weight excluding hydrogens is 337 g/mol. The fourth-order valence-corrected chi connectivity index (χ4v) is 2.88. The third-order valence-corrected chi connectivity index (χ3v) is 3.66. The molecule has 1 aromatic rings. The number of halogens is 1. The molecule has 7 nitrogen and oxygen atoms in total. The predicted molar refractivity (Wildman–Crippen MR) is 65.6 cm³/mol. The molecular formula is C8H5BrN3NaO4S-. The molecule has 1 aromatic heterocycles. The van der Waals surface area contributed by atoms with Gasteiger partial charge < -0.3 is 15.2 Å². The molecule has 0 unspecified atom stereocenters. The van der Waals surface area contributed by atoms with Gasteiger partial charge in [-0.25, -0.2) is 4.98 Å². The molecule has 2 heterocycles. The summed E-state index contributed by atoms with van der Waals surface area (Å²) in [6, 6.07) is 1.34. The van der Waals surface area contributed by atoms with Gasteiger partial charge in [-0.1, -0.05) is 0 Å². The molecule has 2 rings (SSSR count). The number of carboxylic acid groups (broad SMARTS) is 1. The maximum absolute atomic E-state index is 11.7. The van der Waals surface area contributed by atoms with Gasteiger partial charge in [0.1, 0.15) is 10.7 Å². The van der Waals surface area contributed by atoms with Crippen LogP contribution in [-0.4, -0.2) is 54.8 Å². The Balaban J connectivity index is 0.00000162. The maximum Gasteiger partial charge on any atom is 0.287 e. The molecule has 10 heteroatoms. The van der Waals surface area contributed by atoms with Gasteiger partial charge in [0.25, 0.3) is 10.0 Å². The van der Waals surface area contributed by atoms with Gasteiger partial charge >= 0.3 is 0 Å². The summed E-state index contributed by atoms with van der Waals surface area (Å²) in [6.07, 6.45) is 0.778. The van der Waals surface area contributed by atoms with Gasteiger partial charge in [0.2, 0.25) is 0 Å². The van der Waals surface area contributed by atoms with Crippen LogP contribution in [0.2, 0.25) is 0 Å². The number of nitrogens with zero attached hydrogens (tertiary/aromatic N) is 2. The van der Waals surface area contributed by atoms with Crippen LogP contribution in [0.5, 0.6) is 0 Å². The van der Waals surface area contributed by atoms with Gasteiger partial charge in [-0.2, -0.15) is 8.42 Å². The van der Waals surface area contributed by atoms with Crippen molar-refractivity contribution in [1.29, 1.82) is 0 Å². The Morgan fingerprint density at radius 2 is 2.17 bits per heavy atom. The quantitative estimate of drug-likeness (QED) is 0.699. The summed E-state index contributed by atoms with van der Waals surface area (Å²) in [5.41, 5.74) is 0. The smallest absolute Gasteiger partial charge is 0.287 e. The number of amidine groups is 1. The van der Waals surface area contributed by atoms with E-state index in [1.165, 1.54) is 12.3 Å². The van der Waals surface area contributed by atoms with E-state index in [0.717, 1.165) is 0 Å². The Labute approximate surface area is 133 Å². The summed E-state index contributed by atoms with van der Waals surface area (Å²) < 4.78 is 27.3. The summed E-state index contributed by atoms with van der Waals surface area (Å²) in [5.74, 6) is -1.58. The van der Waals surface area contributed by atoms with E-state index in [4.69, 9.17) is 0 Å². The zero-order valence-corrected chi connectivity index (χ0v) is 13.6. The van der Waals surface area contributed by atoms with E-state index in [1.807, 2.05) is 0 Å². The van der Waals surface area contributed by atoms with Gasteiger partial charge in [-0.3, -0.25) is 0 Å². The van der Waals surface area contributed by atoms with Gasteiger partial charge in [0.05, 0.1) is 0 Å². The minimum absolute atomic E-state index is 0. The molecule has 0 amide bonds. The monoisotopic (exact) mass is 341 g/mol. The second-order valence-corrected chi connectivity index (χ2v) is 5.68. The van der Waals surface area contributed by atoms with E-state index < -0.39 is 22.4 Å². The SMILES string of the molecule is O=C([O-])CC1=NS(=O)(=O)c2cc(Br)cnc2N1.[Na]. The van der Waals surface area contributed by atoms with E-state index in [0.29, 0.717) is 4.47 Å². The van der Waals surface area contributed by atoms with Crippen molar-refractivity contribution >= 4 is 73.1 Å². The zero-order chi connectivity index (χ0) is 12.6. The number of carbonyl (C=O) groups is 1. The summed E-state index contributed by atoms with van der Waals surface area (Å²) in [5, 5.41) is 12.9. The van der Waals surface area contributed by atoms with Crippen molar-refractivity contribution in [3.63, 3.8) is 0 Å². The van der Waals surface area contributed by atoms with Crippen LogP contribution in [0.4, 0.5) is 5.82 Å². The number of aromatic nitrogens is 1. The van der Waals surface area contributed by atoms with Crippen LogP contribution in [0.3, 0.4) is 0 Å². The molecule has 0 atom stereocenters. The number of carboxylic acids is 1. The molecule has 0 aromatic carbocycles. The molecule has 18 heavy (non-hydrogen) atoms. The van der Waals surface area contributed by atoms with Crippen molar-refractivity contribution in [2.24, 2.45) is 4.40 Å². The first-order valence-electron chi connectivity index (χ1n) is 4.35. The number of nitrogens with one attached hydrogen (secondary N) is 1. The van der Waals surface area contributed by atoms with Crippen LogP contribution >= 0.6 is 15.9 Å². The molecule has 0 saturated heterocycles. The van der Waals surface area contributed by atoms with Crippen molar-refractivity contribution in [2.45, 2.75) is 11.3 Å². The first-order chi connectivity index (χ1) is 7.88. The van der Waals surface area contributed by atoms with Crippen molar-refractivity contribution in [3.8, 4) is 0 Å². The van der Waals surface area contributed by atoms with Crippen LogP contribution in [0.15, 0.2) is 26.0 Å². The summed E-state index contributed by atoms with van der Waals surface area (Å²) in [4.78, 5) is 14.1. The van der Waals surface area contributed by atoms with Gasteiger partial charge in [0, 0.05) is 52.6 Å². The number of carbonyl (C=O) groups excluding carboxylic acids is 1. The second kappa shape index (κ2) is 5.66. The van der Waals surface area contributed by atoms with E-state index in [9.17, 15) is 18.3 Å². The van der Waals surface area contributed by atoms with Crippen molar-refractivity contribution < 1.29 is 18.3 Å². The Morgan fingerprint density at radius 1 is 1.50 bits per heavy atom. The average molecular weight is 342 g/mol. The molecule has 1 aliphatic heterocycles. The minimum atomic E-state index is -3.92. The zero-order valence-electron chi connectivity index (χ0n) is 9.18. The number of hydrogen-bond donors (Lipinski definition) is 1. The fourth-order valence-electron chi connectivity index (χ4n) is 1.28. The summed E-state index contributed by atoms with van der Waals surface area (Å²) in [7, 11) is -3.92. The van der Waals surface area contributed by atoms with Crippen molar-refractivity contribution in [1.82, 2.24) is 4.98 Å². The third kappa shape index (κ3) is 3.29. The molecule has 0 spiro atoms. The molecule has 0 bridgehead atoms. The number of pyridine rings is 1. The average Bonchev–Trinajstić information content (AvgIpc) is 2.17. The van der Waals surface area contributed by atoms with Crippen LogP contribution in [0.25, 0.3) is 0 Å². The van der Waals surface area contributed by atoms with E-state index in [2.05, 4.69) is 30.6 Å². The summed E-state index contributed by atoms with van der Waals surface area (Å²) >= 11 is 3.09. The van der Waals surface area contributed by atoms with Crippen molar-refractivity contribution in [3.05, 3.63) is 16.7 Å². The van der Waals surface area contributed by atoms with Gasteiger partial charge in [0.15, 0.2) is 5.82 Å². The Morgan fingerprint density at radius 3 is 2.78 bits per heavy atom. The number of fused-ring (bicyclic) bond motifs is 1. The second-order valence-electron chi connectivity index (χ2n) is 3.19. The summed E-state index contributed by atoms with van der Waals surface area (Å²) in [6.45, 7) is 0. The van der Waals surface area contributed by atoms with Gasteiger partial charge in [-0.15, -0.1) is 4.40 Å². The third-order valence-electron chi connectivity index (χ3n) is 1.90. The number of rotatable bonds is 2. The maximum atomic E-state index is 11.7. The molecule has 0 aliphatic carbocycles. The van der Waals surface area contributed by atoms with Crippen LogP contribution in [-0.2, 0) is 14.8 Å². The van der Waals surface area contributed by atoms with E-state index in [-0.39, 0.29) is 46.1 Å². The molecule has 1 aliphatic rings. The first kappa shape index (κ1) is 15.6. The topological polar surface area (TPSA) is 112 Å². The minimum Gasteiger partial charge on any atom is -0.550 e. The Hall–Kier alpha value is -0.480. The molecule has 0 saturated carbocycles. The molecule has 1 N–H and O–H groups in total. The number of aliphatic carboxylic acids is 1. The largest absolute Gasteiger partial charge is 0.550 e. The van der Waals surface area contributed by atoms with Crippen molar-refractivity contribution in [2.75, 3.05) is 5.32 Å². The number of anilines is 1. The van der Waals surface area contributed by atoms with Gasteiger partial charge in [-0.05, 0) is 22.0 Å².